The number of rotatable bonds is 3. The van der Waals surface area contributed by atoms with Crippen molar-refractivity contribution in [2.45, 2.75) is 44.6 Å². The highest BCUT2D eigenvalue weighted by Crippen LogP contribution is 2.36. The molecule has 5 heteroatoms. The van der Waals surface area contributed by atoms with Gasteiger partial charge in [0.25, 0.3) is 5.91 Å². The molecule has 1 aliphatic carbocycles. The van der Waals surface area contributed by atoms with Crippen molar-refractivity contribution in [3.8, 4) is 16.3 Å². The lowest BCUT2D eigenvalue weighted by molar-refractivity contribution is 0.0386. The Labute approximate surface area is 152 Å². The number of thiazole rings is 1. The number of aromatic nitrogens is 1. The molecular formula is C20H24N2O2S. The fourth-order valence-electron chi connectivity index (χ4n) is 4.26. The molecule has 1 aromatic carbocycles. The summed E-state index contributed by atoms with van der Waals surface area (Å²) in [6.45, 7) is 0.884. The lowest BCUT2D eigenvalue weighted by Gasteiger charge is -2.43. The van der Waals surface area contributed by atoms with Crippen molar-refractivity contribution in [3.05, 3.63) is 35.3 Å². The van der Waals surface area contributed by atoms with E-state index < -0.39 is 0 Å². The van der Waals surface area contributed by atoms with E-state index in [1.54, 1.807) is 7.11 Å². The van der Waals surface area contributed by atoms with Crippen LogP contribution in [0.2, 0.25) is 0 Å². The van der Waals surface area contributed by atoms with Gasteiger partial charge in [-0.3, -0.25) is 4.79 Å². The number of hydrogen-bond acceptors (Lipinski definition) is 4. The van der Waals surface area contributed by atoms with Gasteiger partial charge < -0.3 is 9.64 Å². The molecule has 0 spiro atoms. The number of hydrogen-bond donors (Lipinski definition) is 0. The molecule has 2 fully saturated rings. The molecule has 2 aromatic rings. The monoisotopic (exact) mass is 356 g/mol. The van der Waals surface area contributed by atoms with E-state index in [9.17, 15) is 4.79 Å². The third kappa shape index (κ3) is 3.30. The number of piperidine rings is 1. The zero-order chi connectivity index (χ0) is 17.2. The highest BCUT2D eigenvalue weighted by Gasteiger charge is 2.36. The molecule has 25 heavy (non-hydrogen) atoms. The first-order valence-electron chi connectivity index (χ1n) is 9.17. The number of carbonyl (C=O) groups excluding carboxylic acids is 1. The first-order valence-corrected chi connectivity index (χ1v) is 10.0. The second kappa shape index (κ2) is 7.16. The van der Waals surface area contributed by atoms with Crippen molar-refractivity contribution >= 4 is 17.2 Å². The van der Waals surface area contributed by atoms with E-state index in [1.165, 1.54) is 37.0 Å². The van der Waals surface area contributed by atoms with Crippen LogP contribution in [-0.2, 0) is 0 Å². The summed E-state index contributed by atoms with van der Waals surface area (Å²) < 4.78 is 5.20. The Morgan fingerprint density at radius 1 is 1.16 bits per heavy atom. The normalized spacial score (nSPS) is 23.2. The summed E-state index contributed by atoms with van der Waals surface area (Å²) in [5, 5.41) is 2.80. The molecule has 0 unspecified atom stereocenters. The molecular weight excluding hydrogens is 332 g/mol. The van der Waals surface area contributed by atoms with Crippen LogP contribution in [0.4, 0.5) is 0 Å². The van der Waals surface area contributed by atoms with Gasteiger partial charge in [-0.05, 0) is 55.9 Å². The van der Waals surface area contributed by atoms with Gasteiger partial charge in [0.05, 0.1) is 7.11 Å². The summed E-state index contributed by atoms with van der Waals surface area (Å²) >= 11 is 1.54. The van der Waals surface area contributed by atoms with Crippen LogP contribution in [0, 0.1) is 5.92 Å². The van der Waals surface area contributed by atoms with Gasteiger partial charge in [-0.25, -0.2) is 4.98 Å². The van der Waals surface area contributed by atoms with Crippen molar-refractivity contribution in [2.75, 3.05) is 13.7 Å². The smallest absolute Gasteiger partial charge is 0.273 e. The van der Waals surface area contributed by atoms with Gasteiger partial charge in [-0.2, -0.15) is 0 Å². The molecule has 2 aliphatic rings. The highest BCUT2D eigenvalue weighted by atomic mass is 32.1. The number of amides is 1. The molecule has 1 saturated carbocycles. The van der Waals surface area contributed by atoms with Crippen molar-refractivity contribution < 1.29 is 9.53 Å². The molecule has 132 valence electrons. The molecule has 1 aromatic heterocycles. The van der Waals surface area contributed by atoms with E-state index >= 15 is 0 Å². The van der Waals surface area contributed by atoms with Crippen molar-refractivity contribution in [3.63, 3.8) is 0 Å². The number of ether oxygens (including phenoxy) is 1. The van der Waals surface area contributed by atoms with E-state index in [0.717, 1.165) is 35.7 Å². The fraction of sp³-hybridized carbons (Fsp3) is 0.500. The van der Waals surface area contributed by atoms with Crippen molar-refractivity contribution in [1.82, 2.24) is 9.88 Å². The molecule has 4 nitrogen and oxygen atoms in total. The Morgan fingerprint density at radius 3 is 2.72 bits per heavy atom. The molecule has 0 N–H and O–H groups in total. The standard InChI is InChI=1S/C20H24N2O2S/c1-24-16-10-8-15(9-11-16)19-21-17(13-25-19)20(23)22-12-4-6-14-5-2-3-7-18(14)22/h8-11,13-14,18H,2-7,12H2,1H3/t14-,18-/m1/s1. The first kappa shape index (κ1) is 16.6. The molecule has 0 radical (unpaired) electrons. The van der Waals surface area contributed by atoms with E-state index in [0.29, 0.717) is 17.7 Å². The number of methoxy groups -OCH3 is 1. The van der Waals surface area contributed by atoms with Crippen LogP contribution >= 0.6 is 11.3 Å². The van der Waals surface area contributed by atoms with Gasteiger partial charge in [-0.15, -0.1) is 11.3 Å². The molecule has 0 bridgehead atoms. The van der Waals surface area contributed by atoms with Gasteiger partial charge >= 0.3 is 0 Å². The molecule has 1 amide bonds. The number of benzene rings is 1. The summed E-state index contributed by atoms with van der Waals surface area (Å²) in [4.78, 5) is 19.8. The third-order valence-electron chi connectivity index (χ3n) is 5.56. The number of fused-ring (bicyclic) bond motifs is 1. The van der Waals surface area contributed by atoms with Gasteiger partial charge in [-0.1, -0.05) is 12.8 Å². The number of nitrogens with zero attached hydrogens (tertiary/aromatic N) is 2. The van der Waals surface area contributed by atoms with E-state index in [-0.39, 0.29) is 5.91 Å². The van der Waals surface area contributed by atoms with Crippen LogP contribution in [0.15, 0.2) is 29.6 Å². The first-order chi connectivity index (χ1) is 12.3. The molecule has 4 rings (SSSR count). The van der Waals surface area contributed by atoms with E-state index in [2.05, 4.69) is 9.88 Å². The van der Waals surface area contributed by atoms with Crippen molar-refractivity contribution in [1.29, 1.82) is 0 Å². The Hall–Kier alpha value is -1.88. The predicted octanol–water partition coefficient (Wildman–Crippen LogP) is 4.61. The average molecular weight is 356 g/mol. The minimum Gasteiger partial charge on any atom is -0.497 e. The second-order valence-corrected chi connectivity index (χ2v) is 7.88. The minimum atomic E-state index is 0.118. The van der Waals surface area contributed by atoms with Crippen LogP contribution in [0.25, 0.3) is 10.6 Å². The van der Waals surface area contributed by atoms with Crippen LogP contribution < -0.4 is 4.74 Å². The van der Waals surface area contributed by atoms with Gasteiger partial charge in [0.2, 0.25) is 0 Å². The Balaban J connectivity index is 1.53. The summed E-state index contributed by atoms with van der Waals surface area (Å²) in [5.74, 6) is 1.65. The molecule has 1 aliphatic heterocycles. The maximum absolute atomic E-state index is 13.0. The van der Waals surface area contributed by atoms with Crippen LogP contribution in [0.1, 0.15) is 49.0 Å². The quantitative estimate of drug-likeness (QED) is 0.806. The van der Waals surface area contributed by atoms with Gasteiger partial charge in [0.15, 0.2) is 0 Å². The number of carbonyl (C=O) groups is 1. The second-order valence-electron chi connectivity index (χ2n) is 7.02. The molecule has 1 saturated heterocycles. The Morgan fingerprint density at radius 2 is 1.92 bits per heavy atom. The summed E-state index contributed by atoms with van der Waals surface area (Å²) in [7, 11) is 1.66. The van der Waals surface area contributed by atoms with Crippen LogP contribution in [0.5, 0.6) is 5.75 Å². The lowest BCUT2D eigenvalue weighted by atomic mass is 9.78. The average Bonchev–Trinajstić information content (AvgIpc) is 3.17. The molecule has 2 heterocycles. The van der Waals surface area contributed by atoms with Gasteiger partial charge in [0, 0.05) is 23.5 Å². The fourth-order valence-corrected chi connectivity index (χ4v) is 5.06. The maximum atomic E-state index is 13.0. The predicted molar refractivity (Wildman–Crippen MR) is 100 cm³/mol. The highest BCUT2D eigenvalue weighted by molar-refractivity contribution is 7.13. The van der Waals surface area contributed by atoms with E-state index in [4.69, 9.17) is 4.74 Å². The summed E-state index contributed by atoms with van der Waals surface area (Å²) in [5.41, 5.74) is 1.63. The maximum Gasteiger partial charge on any atom is 0.273 e. The zero-order valence-corrected chi connectivity index (χ0v) is 15.4. The topological polar surface area (TPSA) is 42.4 Å². The van der Waals surface area contributed by atoms with Gasteiger partial charge in [0.1, 0.15) is 16.5 Å². The van der Waals surface area contributed by atoms with Crippen molar-refractivity contribution in [2.24, 2.45) is 5.92 Å². The summed E-state index contributed by atoms with van der Waals surface area (Å²) in [6, 6.07) is 8.26. The third-order valence-corrected chi connectivity index (χ3v) is 6.46. The minimum absolute atomic E-state index is 0.118. The zero-order valence-electron chi connectivity index (χ0n) is 14.6. The van der Waals surface area contributed by atoms with E-state index in [1.807, 2.05) is 29.6 Å². The Kier molecular flexibility index (Phi) is 4.75. The lowest BCUT2D eigenvalue weighted by Crippen LogP contribution is -2.49. The SMILES string of the molecule is COc1ccc(-c2nc(C(=O)N3CCC[C@H]4CCCC[C@H]43)cs2)cc1. The van der Waals surface area contributed by atoms with Crippen LogP contribution in [0.3, 0.4) is 0 Å². The van der Waals surface area contributed by atoms with Crippen LogP contribution in [-0.4, -0.2) is 35.5 Å². The largest absolute Gasteiger partial charge is 0.497 e. The molecule has 2 atom stereocenters. The number of likely N-dealkylation sites (tertiary alicyclic amines) is 1. The summed E-state index contributed by atoms with van der Waals surface area (Å²) in [6.07, 6.45) is 7.42. The Bertz CT molecular complexity index is 738.